The first-order chi connectivity index (χ1) is 11.3. The van der Waals surface area contributed by atoms with Crippen LogP contribution >= 0.6 is 15.9 Å². The maximum absolute atomic E-state index is 12.0. The highest BCUT2D eigenvalue weighted by molar-refractivity contribution is 9.10. The molecule has 1 amide bonds. The smallest absolute Gasteiger partial charge is 0.312 e. The number of nitro groups is 1. The van der Waals surface area contributed by atoms with Crippen LogP contribution in [0, 0.1) is 24.0 Å². The fourth-order valence-electron chi connectivity index (χ4n) is 2.48. The Labute approximate surface area is 147 Å². The Hall–Kier alpha value is -2.23. The van der Waals surface area contributed by atoms with Crippen LogP contribution in [0.2, 0.25) is 0 Å². The van der Waals surface area contributed by atoms with Gasteiger partial charge in [-0.25, -0.2) is 0 Å². The molecule has 0 fully saturated rings. The summed E-state index contributed by atoms with van der Waals surface area (Å²) in [6.45, 7) is 6.57. The Morgan fingerprint density at radius 2 is 2.12 bits per heavy atom. The van der Waals surface area contributed by atoms with Gasteiger partial charge in [0.2, 0.25) is 5.91 Å². The molecule has 0 aliphatic heterocycles. The fraction of sp³-hybridized carbons (Fsp3) is 0.500. The molecule has 2 rings (SSSR count). The molecule has 0 aliphatic rings. The minimum atomic E-state index is -0.447. The number of amides is 1. The highest BCUT2D eigenvalue weighted by Crippen LogP contribution is 2.21. The summed E-state index contributed by atoms with van der Waals surface area (Å²) in [4.78, 5) is 22.6. The lowest BCUT2D eigenvalue weighted by Crippen LogP contribution is -2.25. The quantitative estimate of drug-likeness (QED) is 0.567. The van der Waals surface area contributed by atoms with Crippen molar-refractivity contribution >= 4 is 27.5 Å². The fourth-order valence-corrected chi connectivity index (χ4v) is 2.92. The monoisotopic (exact) mass is 398 g/mol. The van der Waals surface area contributed by atoms with Crippen molar-refractivity contribution in [3.63, 3.8) is 0 Å². The van der Waals surface area contributed by atoms with E-state index in [1.807, 2.05) is 6.92 Å². The predicted molar refractivity (Wildman–Crippen MR) is 90.4 cm³/mol. The summed E-state index contributed by atoms with van der Waals surface area (Å²) in [7, 11) is 0. The number of hydrogen-bond donors (Lipinski definition) is 1. The van der Waals surface area contributed by atoms with Gasteiger partial charge in [-0.05, 0) is 36.7 Å². The lowest BCUT2D eigenvalue weighted by Gasteiger charge is -2.08. The summed E-state index contributed by atoms with van der Waals surface area (Å²) in [6.07, 6.45) is 1.89. The molecule has 130 valence electrons. The third-order valence-corrected chi connectivity index (χ3v) is 4.39. The van der Waals surface area contributed by atoms with Gasteiger partial charge in [-0.3, -0.25) is 24.3 Å². The largest absolute Gasteiger partial charge is 0.350 e. The second-order valence-corrected chi connectivity index (χ2v) is 6.14. The summed E-state index contributed by atoms with van der Waals surface area (Å²) in [6, 6.07) is 0. The molecule has 0 bridgehead atoms. The highest BCUT2D eigenvalue weighted by Gasteiger charge is 2.21. The molecule has 24 heavy (non-hydrogen) atoms. The van der Waals surface area contributed by atoms with Crippen molar-refractivity contribution in [2.45, 2.75) is 46.8 Å². The molecule has 2 aromatic heterocycles. The van der Waals surface area contributed by atoms with Crippen LogP contribution in [0.3, 0.4) is 0 Å². The predicted octanol–water partition coefficient (Wildman–Crippen LogP) is 2.09. The molecule has 0 atom stereocenters. The Balaban J connectivity index is 1.93. The van der Waals surface area contributed by atoms with Crippen molar-refractivity contribution < 1.29 is 9.72 Å². The van der Waals surface area contributed by atoms with E-state index in [9.17, 15) is 14.9 Å². The van der Waals surface area contributed by atoms with Crippen molar-refractivity contribution in [1.29, 1.82) is 0 Å². The van der Waals surface area contributed by atoms with Crippen molar-refractivity contribution in [3.05, 3.63) is 37.9 Å². The molecule has 0 unspecified atom stereocenters. The van der Waals surface area contributed by atoms with E-state index >= 15 is 0 Å². The van der Waals surface area contributed by atoms with E-state index in [-0.39, 0.29) is 18.0 Å². The van der Waals surface area contributed by atoms with Crippen LogP contribution in [0.15, 0.2) is 10.7 Å². The molecular weight excluding hydrogens is 380 g/mol. The van der Waals surface area contributed by atoms with Crippen molar-refractivity contribution in [3.8, 4) is 0 Å². The topological polar surface area (TPSA) is 108 Å². The molecular formula is C14H19BrN6O3. The van der Waals surface area contributed by atoms with Gasteiger partial charge in [0.05, 0.1) is 34.4 Å². The van der Waals surface area contributed by atoms with E-state index < -0.39 is 4.92 Å². The normalized spacial score (nSPS) is 10.8. The maximum Gasteiger partial charge on any atom is 0.312 e. The lowest BCUT2D eigenvalue weighted by atomic mass is 10.3. The van der Waals surface area contributed by atoms with Gasteiger partial charge >= 0.3 is 5.69 Å². The lowest BCUT2D eigenvalue weighted by molar-refractivity contribution is -0.386. The highest BCUT2D eigenvalue weighted by atomic mass is 79.9. The van der Waals surface area contributed by atoms with Crippen molar-refractivity contribution in [2.24, 2.45) is 0 Å². The molecule has 0 saturated carbocycles. The minimum Gasteiger partial charge on any atom is -0.350 e. The van der Waals surface area contributed by atoms with E-state index in [0.717, 1.165) is 10.2 Å². The van der Waals surface area contributed by atoms with Crippen LogP contribution in [0.5, 0.6) is 0 Å². The number of hydrogen-bond acceptors (Lipinski definition) is 5. The Morgan fingerprint density at radius 3 is 2.71 bits per heavy atom. The van der Waals surface area contributed by atoms with Crippen LogP contribution in [0.1, 0.15) is 30.4 Å². The average Bonchev–Trinajstić information content (AvgIpc) is 3.02. The maximum atomic E-state index is 12.0. The van der Waals surface area contributed by atoms with E-state index in [4.69, 9.17) is 0 Å². The van der Waals surface area contributed by atoms with E-state index in [1.165, 1.54) is 4.68 Å². The number of nitrogens with zero attached hydrogens (tertiary/aromatic N) is 5. The molecule has 0 spiro atoms. The molecule has 0 aliphatic carbocycles. The van der Waals surface area contributed by atoms with Gasteiger partial charge in [-0.1, -0.05) is 0 Å². The Kier molecular flexibility index (Phi) is 5.71. The van der Waals surface area contributed by atoms with E-state index in [2.05, 4.69) is 31.4 Å². The van der Waals surface area contributed by atoms with Gasteiger partial charge in [0.1, 0.15) is 11.4 Å². The first-order valence-corrected chi connectivity index (χ1v) is 8.29. The first-order valence-electron chi connectivity index (χ1n) is 7.50. The summed E-state index contributed by atoms with van der Waals surface area (Å²) in [5.41, 5.74) is 1.71. The summed E-state index contributed by atoms with van der Waals surface area (Å²) in [5.74, 6) is -0.152. The number of halogens is 1. The molecule has 0 saturated heterocycles. The van der Waals surface area contributed by atoms with Crippen LogP contribution in [-0.4, -0.2) is 30.4 Å². The molecule has 2 aromatic rings. The molecule has 2 heterocycles. The Bertz CT molecular complexity index is 767. The van der Waals surface area contributed by atoms with Gasteiger partial charge in [-0.2, -0.15) is 10.2 Å². The molecule has 1 N–H and O–H groups in total. The third kappa shape index (κ3) is 3.81. The third-order valence-electron chi connectivity index (χ3n) is 3.73. The Morgan fingerprint density at radius 1 is 1.42 bits per heavy atom. The standard InChI is InChI=1S/C14H19BrN6O3/c1-4-19-12(11(15)7-17-19)8-16-13(22)5-6-20-10(3)14(21(23)24)9(2)18-20/h7H,4-6,8H2,1-3H3,(H,16,22). The van der Waals surface area contributed by atoms with Crippen LogP contribution in [0.4, 0.5) is 5.69 Å². The number of aryl methyl sites for hydroxylation is 3. The van der Waals surface area contributed by atoms with Crippen LogP contribution in [-0.2, 0) is 24.4 Å². The zero-order chi connectivity index (χ0) is 17.9. The van der Waals surface area contributed by atoms with E-state index in [1.54, 1.807) is 24.7 Å². The average molecular weight is 399 g/mol. The number of aromatic nitrogens is 4. The number of carbonyl (C=O) groups excluding carboxylic acids is 1. The summed E-state index contributed by atoms with van der Waals surface area (Å²) >= 11 is 3.40. The SMILES string of the molecule is CCn1ncc(Br)c1CNC(=O)CCn1nc(C)c([N+](=O)[O-])c1C. The minimum absolute atomic E-state index is 0.00573. The van der Waals surface area contributed by atoms with Gasteiger partial charge in [0.25, 0.3) is 0 Å². The van der Waals surface area contributed by atoms with Crippen LogP contribution < -0.4 is 5.32 Å². The zero-order valence-electron chi connectivity index (χ0n) is 13.7. The van der Waals surface area contributed by atoms with Gasteiger partial charge in [-0.15, -0.1) is 0 Å². The first kappa shape index (κ1) is 18.1. The number of rotatable bonds is 7. The summed E-state index contributed by atoms with van der Waals surface area (Å²) in [5, 5.41) is 22.1. The number of nitrogens with one attached hydrogen (secondary N) is 1. The molecule has 0 radical (unpaired) electrons. The zero-order valence-corrected chi connectivity index (χ0v) is 15.3. The van der Waals surface area contributed by atoms with Gasteiger partial charge in [0, 0.05) is 13.0 Å². The van der Waals surface area contributed by atoms with Crippen LogP contribution in [0.25, 0.3) is 0 Å². The second-order valence-electron chi connectivity index (χ2n) is 5.28. The van der Waals surface area contributed by atoms with Gasteiger partial charge in [0.15, 0.2) is 0 Å². The number of carbonyl (C=O) groups is 1. The van der Waals surface area contributed by atoms with Gasteiger partial charge < -0.3 is 5.32 Å². The van der Waals surface area contributed by atoms with E-state index in [0.29, 0.717) is 31.0 Å². The second kappa shape index (κ2) is 7.56. The van der Waals surface area contributed by atoms with Crippen molar-refractivity contribution in [2.75, 3.05) is 0 Å². The molecule has 10 heteroatoms. The molecule has 9 nitrogen and oxygen atoms in total. The molecule has 0 aromatic carbocycles. The summed E-state index contributed by atoms with van der Waals surface area (Å²) < 4.78 is 4.15. The van der Waals surface area contributed by atoms with Crippen molar-refractivity contribution in [1.82, 2.24) is 24.9 Å².